The molecule has 33 heavy (non-hydrogen) atoms. The van der Waals surface area contributed by atoms with Crippen LogP contribution in [0.15, 0.2) is 72.1 Å². The predicted octanol–water partition coefficient (Wildman–Crippen LogP) is 6.55. The highest BCUT2D eigenvalue weighted by Crippen LogP contribution is 2.31. The van der Waals surface area contributed by atoms with E-state index in [1.54, 1.807) is 11.3 Å². The van der Waals surface area contributed by atoms with Crippen LogP contribution in [0, 0.1) is 0 Å². The average molecular weight is 474 g/mol. The third-order valence-electron chi connectivity index (χ3n) is 6.22. The van der Waals surface area contributed by atoms with Crippen LogP contribution in [-0.4, -0.2) is 18.1 Å². The summed E-state index contributed by atoms with van der Waals surface area (Å²) >= 11 is 8.31. The maximum Gasteiger partial charge on any atom is 0.0935 e. The first-order valence-corrected chi connectivity index (χ1v) is 12.8. The molecule has 1 aliphatic heterocycles. The molecule has 3 aromatic carbocycles. The molecule has 168 valence electrons. The van der Waals surface area contributed by atoms with Gasteiger partial charge < -0.3 is 10.6 Å². The van der Waals surface area contributed by atoms with Crippen LogP contribution in [0.25, 0.3) is 11.3 Å². The van der Waals surface area contributed by atoms with Gasteiger partial charge >= 0.3 is 0 Å². The summed E-state index contributed by atoms with van der Waals surface area (Å²) in [6.07, 6.45) is 4.07. The van der Waals surface area contributed by atoms with Crippen LogP contribution in [0.5, 0.6) is 0 Å². The molecule has 0 bridgehead atoms. The van der Waals surface area contributed by atoms with Gasteiger partial charge in [0.1, 0.15) is 0 Å². The van der Waals surface area contributed by atoms with E-state index in [1.165, 1.54) is 32.8 Å². The number of nitrogens with one attached hydrogen (secondary N) is 2. The van der Waals surface area contributed by atoms with E-state index in [1.807, 2.05) is 6.07 Å². The van der Waals surface area contributed by atoms with Crippen LogP contribution in [0.2, 0.25) is 5.02 Å². The first-order valence-electron chi connectivity index (χ1n) is 11.6. The smallest absolute Gasteiger partial charge is 0.0935 e. The van der Waals surface area contributed by atoms with Crippen LogP contribution in [0.1, 0.15) is 27.3 Å². The van der Waals surface area contributed by atoms with E-state index in [9.17, 15) is 0 Å². The summed E-state index contributed by atoms with van der Waals surface area (Å²) < 4.78 is 0. The zero-order valence-electron chi connectivity index (χ0n) is 18.6. The average Bonchev–Trinajstić information content (AvgIpc) is 3.20. The van der Waals surface area contributed by atoms with E-state index in [0.29, 0.717) is 0 Å². The molecular formula is C28H28ClN3S. The lowest BCUT2D eigenvalue weighted by Crippen LogP contribution is -2.16. The van der Waals surface area contributed by atoms with Crippen molar-refractivity contribution in [3.63, 3.8) is 0 Å². The molecule has 0 amide bonds. The van der Waals surface area contributed by atoms with Crippen molar-refractivity contribution in [3.8, 4) is 11.3 Å². The molecule has 0 radical (unpaired) electrons. The van der Waals surface area contributed by atoms with Crippen LogP contribution in [-0.2, 0) is 32.2 Å². The summed E-state index contributed by atoms with van der Waals surface area (Å²) in [6.45, 7) is 2.78. The van der Waals surface area contributed by atoms with Gasteiger partial charge in [-0.2, -0.15) is 0 Å². The monoisotopic (exact) mass is 473 g/mol. The lowest BCUT2D eigenvalue weighted by atomic mass is 10.0. The molecular weight excluding hydrogens is 446 g/mol. The van der Waals surface area contributed by atoms with Gasteiger partial charge in [-0.1, -0.05) is 72.3 Å². The predicted molar refractivity (Wildman–Crippen MR) is 140 cm³/mol. The summed E-state index contributed by atoms with van der Waals surface area (Å²) in [5.41, 5.74) is 8.66. The number of thiazole rings is 1. The Labute approximate surface area is 204 Å². The highest BCUT2D eigenvalue weighted by atomic mass is 35.5. The standard InChI is InChI=1S/C28H28ClN3S/c29-25-12-11-22-14-16-30-17-15-24(22)28(25)31-18-21-6-9-23(10-7-21)26-19-33-27(32-26)13-8-20-4-2-1-3-5-20/h1-7,9-12,19,30-31H,8,13-18H2. The normalized spacial score (nSPS) is 13.4. The number of benzene rings is 3. The fourth-order valence-electron chi connectivity index (χ4n) is 4.37. The molecule has 0 unspecified atom stereocenters. The number of hydrogen-bond donors (Lipinski definition) is 2. The number of aryl methyl sites for hydroxylation is 2. The minimum atomic E-state index is 0.753. The molecule has 0 saturated heterocycles. The fraction of sp³-hybridized carbons (Fsp3) is 0.250. The molecule has 1 aromatic heterocycles. The molecule has 0 fully saturated rings. The Morgan fingerprint density at radius 3 is 2.55 bits per heavy atom. The van der Waals surface area contributed by atoms with E-state index in [0.717, 1.165) is 61.7 Å². The second-order valence-electron chi connectivity index (χ2n) is 8.47. The van der Waals surface area contributed by atoms with Gasteiger partial charge in [-0.05, 0) is 60.7 Å². The highest BCUT2D eigenvalue weighted by molar-refractivity contribution is 7.09. The number of hydrogen-bond acceptors (Lipinski definition) is 4. The Morgan fingerprint density at radius 1 is 0.879 bits per heavy atom. The Kier molecular flexibility index (Phi) is 7.06. The fourth-order valence-corrected chi connectivity index (χ4v) is 5.42. The number of halogens is 1. The van der Waals surface area contributed by atoms with Gasteiger partial charge in [-0.3, -0.25) is 0 Å². The van der Waals surface area contributed by atoms with Crippen LogP contribution in [0.4, 0.5) is 5.69 Å². The Hall–Kier alpha value is -2.66. The zero-order valence-corrected chi connectivity index (χ0v) is 20.2. The Bertz CT molecular complexity index is 1200. The van der Waals surface area contributed by atoms with Crippen LogP contribution >= 0.6 is 22.9 Å². The van der Waals surface area contributed by atoms with Gasteiger partial charge in [0, 0.05) is 23.9 Å². The zero-order chi connectivity index (χ0) is 22.5. The summed E-state index contributed by atoms with van der Waals surface area (Å²) in [6, 6.07) is 23.5. The molecule has 0 saturated carbocycles. The van der Waals surface area contributed by atoms with Gasteiger partial charge in [-0.25, -0.2) is 4.98 Å². The molecule has 2 N–H and O–H groups in total. The van der Waals surface area contributed by atoms with Gasteiger partial charge in [0.15, 0.2) is 0 Å². The molecule has 1 aliphatic rings. The SMILES string of the molecule is Clc1ccc2c(c1NCc1ccc(-c3csc(CCc4ccccc4)n3)cc1)CCNCC2. The molecule has 0 aliphatic carbocycles. The van der Waals surface area contributed by atoms with E-state index in [2.05, 4.69) is 76.7 Å². The van der Waals surface area contributed by atoms with Gasteiger partial charge in [0.05, 0.1) is 21.4 Å². The van der Waals surface area contributed by atoms with Crippen LogP contribution in [0.3, 0.4) is 0 Å². The van der Waals surface area contributed by atoms with E-state index in [4.69, 9.17) is 16.6 Å². The summed E-state index contributed by atoms with van der Waals surface area (Å²) in [7, 11) is 0. The van der Waals surface area contributed by atoms with Crippen molar-refractivity contribution in [2.75, 3.05) is 18.4 Å². The molecule has 3 nitrogen and oxygen atoms in total. The minimum absolute atomic E-state index is 0.753. The Morgan fingerprint density at radius 2 is 1.70 bits per heavy atom. The number of aromatic nitrogens is 1. The van der Waals surface area contributed by atoms with Crippen molar-refractivity contribution in [2.45, 2.75) is 32.2 Å². The van der Waals surface area contributed by atoms with Gasteiger partial charge in [-0.15, -0.1) is 11.3 Å². The highest BCUT2D eigenvalue weighted by Gasteiger charge is 2.14. The first kappa shape index (κ1) is 22.1. The number of fused-ring (bicyclic) bond motifs is 1. The van der Waals surface area contributed by atoms with Gasteiger partial charge in [0.25, 0.3) is 0 Å². The first-order chi connectivity index (χ1) is 16.3. The van der Waals surface area contributed by atoms with E-state index >= 15 is 0 Å². The summed E-state index contributed by atoms with van der Waals surface area (Å²) in [5, 5.41) is 11.2. The number of rotatable bonds is 7. The van der Waals surface area contributed by atoms with Crippen molar-refractivity contribution in [1.29, 1.82) is 0 Å². The van der Waals surface area contributed by atoms with E-state index < -0.39 is 0 Å². The summed E-state index contributed by atoms with van der Waals surface area (Å²) in [4.78, 5) is 4.87. The third-order valence-corrected chi connectivity index (χ3v) is 7.45. The van der Waals surface area contributed by atoms with Crippen LogP contribution < -0.4 is 10.6 Å². The third kappa shape index (κ3) is 5.47. The number of nitrogens with zero attached hydrogens (tertiary/aromatic N) is 1. The maximum absolute atomic E-state index is 6.56. The Balaban J connectivity index is 1.23. The second kappa shape index (κ2) is 10.5. The number of anilines is 1. The molecule has 2 heterocycles. The quantitative estimate of drug-likeness (QED) is 0.319. The van der Waals surface area contributed by atoms with Crippen molar-refractivity contribution < 1.29 is 0 Å². The van der Waals surface area contributed by atoms with Crippen molar-refractivity contribution in [2.24, 2.45) is 0 Å². The van der Waals surface area contributed by atoms with E-state index in [-0.39, 0.29) is 0 Å². The van der Waals surface area contributed by atoms with Crippen molar-refractivity contribution in [3.05, 3.63) is 104 Å². The second-order valence-corrected chi connectivity index (χ2v) is 9.82. The van der Waals surface area contributed by atoms with Gasteiger partial charge in [0.2, 0.25) is 0 Å². The van der Waals surface area contributed by atoms with Crippen molar-refractivity contribution >= 4 is 28.6 Å². The summed E-state index contributed by atoms with van der Waals surface area (Å²) in [5.74, 6) is 0. The minimum Gasteiger partial charge on any atom is -0.380 e. The molecule has 0 spiro atoms. The molecule has 4 aromatic rings. The lowest BCUT2D eigenvalue weighted by Gasteiger charge is -2.16. The maximum atomic E-state index is 6.56. The van der Waals surface area contributed by atoms with Crippen molar-refractivity contribution in [1.82, 2.24) is 10.3 Å². The largest absolute Gasteiger partial charge is 0.380 e. The molecule has 5 heteroatoms. The topological polar surface area (TPSA) is 37.0 Å². The molecule has 0 atom stereocenters. The molecule has 5 rings (SSSR count). The lowest BCUT2D eigenvalue weighted by molar-refractivity contribution is 0.711.